The maximum absolute atomic E-state index is 12.6. The summed E-state index contributed by atoms with van der Waals surface area (Å²) in [4.78, 5) is 22.8. The van der Waals surface area contributed by atoms with Gasteiger partial charge < -0.3 is 15.5 Å². The zero-order valence-electron chi connectivity index (χ0n) is 16.0. The first-order valence-corrected chi connectivity index (χ1v) is 9.23. The van der Waals surface area contributed by atoms with E-state index in [0.29, 0.717) is 16.5 Å². The molecule has 6 nitrogen and oxygen atoms in total. The molecule has 0 aliphatic carbocycles. The molecular formula is C21H22ClN5O. The van der Waals surface area contributed by atoms with Crippen molar-refractivity contribution in [1.82, 2.24) is 9.97 Å². The first kappa shape index (κ1) is 19.6. The van der Waals surface area contributed by atoms with Crippen LogP contribution in [-0.2, 0) is 0 Å². The summed E-state index contributed by atoms with van der Waals surface area (Å²) in [7, 11) is 3.89. The molecule has 0 radical (unpaired) electrons. The number of aromatic nitrogens is 2. The highest BCUT2D eigenvalue weighted by atomic mass is 35.5. The molecule has 1 heterocycles. The van der Waals surface area contributed by atoms with E-state index < -0.39 is 0 Å². The molecule has 3 aromatic rings. The standard InChI is InChI=1S/C21H22ClN5O/c1-14(24-20-13-23-12-19(22)26-20)15-6-4-8-17(10-15)25-21(28)16-7-5-9-18(11-16)27(2)3/h4-14H,1-3H3,(H,24,26)(H,25,28)/t14-/m0/s1. The van der Waals surface area contributed by atoms with Crippen LogP contribution < -0.4 is 15.5 Å². The number of nitrogens with one attached hydrogen (secondary N) is 2. The van der Waals surface area contributed by atoms with Crippen molar-refractivity contribution in [2.75, 3.05) is 29.6 Å². The summed E-state index contributed by atoms with van der Waals surface area (Å²) >= 11 is 5.88. The molecule has 0 spiro atoms. The largest absolute Gasteiger partial charge is 0.378 e. The van der Waals surface area contributed by atoms with Crippen LogP contribution in [0.3, 0.4) is 0 Å². The molecule has 1 amide bonds. The van der Waals surface area contributed by atoms with Crippen molar-refractivity contribution in [2.45, 2.75) is 13.0 Å². The van der Waals surface area contributed by atoms with E-state index in [1.54, 1.807) is 12.3 Å². The zero-order chi connectivity index (χ0) is 20.1. The maximum Gasteiger partial charge on any atom is 0.255 e. The highest BCUT2D eigenvalue weighted by Crippen LogP contribution is 2.22. The van der Waals surface area contributed by atoms with Crippen molar-refractivity contribution in [2.24, 2.45) is 0 Å². The van der Waals surface area contributed by atoms with Crippen LogP contribution in [0.25, 0.3) is 0 Å². The van der Waals surface area contributed by atoms with Crippen molar-refractivity contribution in [3.8, 4) is 0 Å². The van der Waals surface area contributed by atoms with Crippen molar-refractivity contribution in [3.63, 3.8) is 0 Å². The fourth-order valence-electron chi connectivity index (χ4n) is 2.73. The topological polar surface area (TPSA) is 70.1 Å². The van der Waals surface area contributed by atoms with Crippen LogP contribution in [0.2, 0.25) is 5.15 Å². The van der Waals surface area contributed by atoms with Crippen molar-refractivity contribution in [1.29, 1.82) is 0 Å². The Bertz CT molecular complexity index is 976. The number of carbonyl (C=O) groups excluding carboxylic acids is 1. The molecule has 7 heteroatoms. The lowest BCUT2D eigenvalue weighted by Crippen LogP contribution is -2.15. The van der Waals surface area contributed by atoms with E-state index >= 15 is 0 Å². The number of halogens is 1. The maximum atomic E-state index is 12.6. The highest BCUT2D eigenvalue weighted by molar-refractivity contribution is 6.29. The lowest BCUT2D eigenvalue weighted by atomic mass is 10.1. The summed E-state index contributed by atoms with van der Waals surface area (Å²) in [5, 5.41) is 6.54. The summed E-state index contributed by atoms with van der Waals surface area (Å²) in [5.41, 5.74) is 3.31. The molecule has 0 fully saturated rings. The van der Waals surface area contributed by atoms with Gasteiger partial charge >= 0.3 is 0 Å². The van der Waals surface area contributed by atoms with Crippen molar-refractivity contribution < 1.29 is 4.79 Å². The smallest absolute Gasteiger partial charge is 0.255 e. The SMILES string of the molecule is C[C@H](Nc1cncc(Cl)n1)c1cccc(NC(=O)c2cccc(N(C)C)c2)c1. The highest BCUT2D eigenvalue weighted by Gasteiger charge is 2.11. The Labute approximate surface area is 169 Å². The van der Waals surface area contributed by atoms with Crippen molar-refractivity contribution in [3.05, 3.63) is 77.2 Å². The number of nitrogens with zero attached hydrogens (tertiary/aromatic N) is 3. The molecule has 144 valence electrons. The van der Waals surface area contributed by atoms with Gasteiger partial charge in [0, 0.05) is 31.0 Å². The Kier molecular flexibility index (Phi) is 6.11. The van der Waals surface area contributed by atoms with E-state index in [-0.39, 0.29) is 11.9 Å². The van der Waals surface area contributed by atoms with Gasteiger partial charge in [-0.3, -0.25) is 9.78 Å². The Morgan fingerprint density at radius 1 is 1.11 bits per heavy atom. The minimum atomic E-state index is -0.151. The van der Waals surface area contributed by atoms with Crippen LogP contribution in [0.15, 0.2) is 60.9 Å². The molecule has 2 N–H and O–H groups in total. The van der Waals surface area contributed by atoms with Crippen LogP contribution in [0.1, 0.15) is 28.9 Å². The fraction of sp³-hybridized carbons (Fsp3) is 0.190. The second-order valence-electron chi connectivity index (χ2n) is 6.62. The molecule has 28 heavy (non-hydrogen) atoms. The third kappa shape index (κ3) is 4.98. The predicted molar refractivity (Wildman–Crippen MR) is 114 cm³/mol. The molecule has 1 atom stereocenters. The van der Waals surface area contributed by atoms with E-state index in [1.165, 1.54) is 6.20 Å². The van der Waals surface area contributed by atoms with E-state index in [9.17, 15) is 4.79 Å². The van der Waals surface area contributed by atoms with E-state index in [2.05, 4.69) is 20.6 Å². The Balaban J connectivity index is 1.72. The van der Waals surface area contributed by atoms with Gasteiger partial charge in [0.15, 0.2) is 0 Å². The number of benzene rings is 2. The van der Waals surface area contributed by atoms with Gasteiger partial charge in [0.1, 0.15) is 11.0 Å². The molecule has 0 aliphatic rings. The Hall–Kier alpha value is -3.12. The van der Waals surface area contributed by atoms with Gasteiger partial charge in [-0.15, -0.1) is 0 Å². The summed E-state index contributed by atoms with van der Waals surface area (Å²) in [6.45, 7) is 2.00. The molecule has 1 aromatic heterocycles. The molecule has 0 bridgehead atoms. The second-order valence-corrected chi connectivity index (χ2v) is 7.00. The first-order valence-electron chi connectivity index (χ1n) is 8.85. The molecule has 0 unspecified atom stereocenters. The molecule has 0 aliphatic heterocycles. The summed E-state index contributed by atoms with van der Waals surface area (Å²) < 4.78 is 0. The van der Waals surface area contributed by atoms with E-state index in [0.717, 1.165) is 16.9 Å². The molecule has 0 saturated carbocycles. The van der Waals surface area contributed by atoms with Crippen LogP contribution in [0.4, 0.5) is 17.2 Å². The van der Waals surface area contributed by atoms with Crippen LogP contribution >= 0.6 is 11.6 Å². The van der Waals surface area contributed by atoms with E-state index in [4.69, 9.17) is 11.6 Å². The second kappa shape index (κ2) is 8.71. The molecular weight excluding hydrogens is 374 g/mol. The zero-order valence-corrected chi connectivity index (χ0v) is 16.7. The Morgan fingerprint density at radius 3 is 2.64 bits per heavy atom. The number of carbonyl (C=O) groups is 1. The molecule has 2 aromatic carbocycles. The monoisotopic (exact) mass is 395 g/mol. The van der Waals surface area contributed by atoms with Gasteiger partial charge in [-0.1, -0.05) is 29.8 Å². The first-order chi connectivity index (χ1) is 13.4. The van der Waals surface area contributed by atoms with Gasteiger partial charge in [-0.05, 0) is 42.8 Å². The van der Waals surface area contributed by atoms with Crippen molar-refractivity contribution >= 4 is 34.7 Å². The number of anilines is 3. The average molecular weight is 396 g/mol. The molecule has 0 saturated heterocycles. The van der Waals surface area contributed by atoms with Gasteiger partial charge in [0.25, 0.3) is 5.91 Å². The Morgan fingerprint density at radius 2 is 1.89 bits per heavy atom. The van der Waals surface area contributed by atoms with E-state index in [1.807, 2.05) is 68.4 Å². The quantitative estimate of drug-likeness (QED) is 0.637. The lowest BCUT2D eigenvalue weighted by Gasteiger charge is -2.16. The van der Waals surface area contributed by atoms with Gasteiger partial charge in [-0.2, -0.15) is 0 Å². The van der Waals surface area contributed by atoms with Crippen LogP contribution in [0, 0.1) is 0 Å². The van der Waals surface area contributed by atoms with Gasteiger partial charge in [0.2, 0.25) is 0 Å². The minimum Gasteiger partial charge on any atom is -0.378 e. The number of hydrogen-bond acceptors (Lipinski definition) is 5. The lowest BCUT2D eigenvalue weighted by molar-refractivity contribution is 0.102. The molecule has 3 rings (SSSR count). The summed E-state index contributed by atoms with van der Waals surface area (Å²) in [6, 6.07) is 15.1. The number of amides is 1. The number of rotatable bonds is 6. The summed E-state index contributed by atoms with van der Waals surface area (Å²) in [6.07, 6.45) is 3.10. The summed E-state index contributed by atoms with van der Waals surface area (Å²) in [5.74, 6) is 0.442. The minimum absolute atomic E-state index is 0.0401. The fourth-order valence-corrected chi connectivity index (χ4v) is 2.88. The average Bonchev–Trinajstić information content (AvgIpc) is 2.68. The van der Waals surface area contributed by atoms with Crippen LogP contribution in [-0.4, -0.2) is 30.0 Å². The predicted octanol–water partition coefficient (Wildman–Crippen LogP) is 4.62. The van der Waals surface area contributed by atoms with Gasteiger partial charge in [0.05, 0.1) is 18.4 Å². The third-order valence-corrected chi connectivity index (χ3v) is 4.42. The number of hydrogen-bond donors (Lipinski definition) is 2. The third-order valence-electron chi connectivity index (χ3n) is 4.24. The normalized spacial score (nSPS) is 11.6. The van der Waals surface area contributed by atoms with Gasteiger partial charge in [-0.25, -0.2) is 4.98 Å². The van der Waals surface area contributed by atoms with Crippen LogP contribution in [0.5, 0.6) is 0 Å².